The van der Waals surface area contributed by atoms with Crippen molar-refractivity contribution in [3.63, 3.8) is 0 Å². The summed E-state index contributed by atoms with van der Waals surface area (Å²) in [6.45, 7) is 6.11. The second-order valence-corrected chi connectivity index (χ2v) is 7.71. The van der Waals surface area contributed by atoms with Crippen molar-refractivity contribution in [2.24, 2.45) is 0 Å². The van der Waals surface area contributed by atoms with Crippen LogP contribution in [0.4, 0.5) is 9.59 Å². The third kappa shape index (κ3) is 5.03. The van der Waals surface area contributed by atoms with Gasteiger partial charge in [0.05, 0.1) is 0 Å². The van der Waals surface area contributed by atoms with Crippen molar-refractivity contribution in [1.82, 2.24) is 10.6 Å². The molecule has 2 aromatic carbocycles. The zero-order valence-electron chi connectivity index (χ0n) is 16.5. The Labute approximate surface area is 165 Å². The lowest BCUT2D eigenvalue weighted by atomic mass is 10.0. The molecule has 0 unspecified atom stereocenters. The summed E-state index contributed by atoms with van der Waals surface area (Å²) in [5.74, 6) is 0. The lowest BCUT2D eigenvalue weighted by molar-refractivity contribution is 0.0527. The molecule has 0 heterocycles. The Bertz CT molecular complexity index is 871. The number of fused-ring (bicyclic) bond motifs is 3. The summed E-state index contributed by atoms with van der Waals surface area (Å²) in [5.41, 5.74) is 5.42. The molecule has 0 spiro atoms. The van der Waals surface area contributed by atoms with Gasteiger partial charge in [-0.3, -0.25) is 0 Å². The van der Waals surface area contributed by atoms with Gasteiger partial charge in [0.1, 0.15) is 12.2 Å². The number of carbonyl (C=O) groups is 2. The highest BCUT2D eigenvalue weighted by Crippen LogP contribution is 2.38. The molecular formula is C22H26N2O4. The Morgan fingerprint density at radius 2 is 1.61 bits per heavy atom. The van der Waals surface area contributed by atoms with Gasteiger partial charge < -0.3 is 20.1 Å². The van der Waals surface area contributed by atoms with Crippen LogP contribution in [0.5, 0.6) is 0 Å². The highest BCUT2D eigenvalue weighted by Gasteiger charge is 2.21. The van der Waals surface area contributed by atoms with Gasteiger partial charge in [-0.15, -0.1) is 0 Å². The first-order valence-corrected chi connectivity index (χ1v) is 9.40. The van der Waals surface area contributed by atoms with Crippen LogP contribution in [0, 0.1) is 0 Å². The van der Waals surface area contributed by atoms with Gasteiger partial charge in [0, 0.05) is 13.1 Å². The molecule has 0 aromatic heterocycles. The van der Waals surface area contributed by atoms with Gasteiger partial charge >= 0.3 is 12.2 Å². The van der Waals surface area contributed by atoms with E-state index in [9.17, 15) is 9.59 Å². The fourth-order valence-electron chi connectivity index (χ4n) is 3.20. The van der Waals surface area contributed by atoms with Crippen molar-refractivity contribution in [2.45, 2.75) is 39.4 Å². The van der Waals surface area contributed by atoms with Crippen LogP contribution in [0.25, 0.3) is 11.1 Å². The monoisotopic (exact) mass is 382 g/mol. The van der Waals surface area contributed by atoms with Crippen LogP contribution < -0.4 is 10.6 Å². The number of benzene rings is 2. The van der Waals surface area contributed by atoms with Gasteiger partial charge in [-0.2, -0.15) is 0 Å². The molecule has 0 aliphatic heterocycles. The van der Waals surface area contributed by atoms with Crippen molar-refractivity contribution >= 4 is 12.2 Å². The van der Waals surface area contributed by atoms with Crippen molar-refractivity contribution in [3.05, 3.63) is 59.2 Å². The highest BCUT2D eigenvalue weighted by molar-refractivity contribution is 5.78. The molecule has 0 fully saturated rings. The maximum atomic E-state index is 11.9. The average Bonchev–Trinajstić information content (AvgIpc) is 3.01. The summed E-state index contributed by atoms with van der Waals surface area (Å²) in [6, 6.07) is 14.4. The molecule has 148 valence electrons. The smallest absolute Gasteiger partial charge is 0.407 e. The normalized spacial score (nSPS) is 12.0. The zero-order valence-corrected chi connectivity index (χ0v) is 16.5. The maximum absolute atomic E-state index is 11.9. The van der Waals surface area contributed by atoms with Gasteiger partial charge in [-0.25, -0.2) is 9.59 Å². The molecule has 28 heavy (non-hydrogen) atoms. The molecule has 1 aliphatic rings. The van der Waals surface area contributed by atoms with E-state index in [4.69, 9.17) is 9.47 Å². The van der Waals surface area contributed by atoms with Crippen molar-refractivity contribution in [3.8, 4) is 11.1 Å². The van der Waals surface area contributed by atoms with E-state index < -0.39 is 17.8 Å². The molecule has 0 saturated heterocycles. The summed E-state index contributed by atoms with van der Waals surface area (Å²) in [5, 5.41) is 5.21. The van der Waals surface area contributed by atoms with Gasteiger partial charge in [0.25, 0.3) is 0 Å². The van der Waals surface area contributed by atoms with Crippen LogP contribution in [-0.2, 0) is 22.5 Å². The SMILES string of the molecule is CC(C)(C)OC(=O)NCCNC(=O)OCc1cccc2c1Cc1ccccc1-2. The predicted octanol–water partition coefficient (Wildman–Crippen LogP) is 4.01. The minimum atomic E-state index is -0.550. The Kier molecular flexibility index (Phi) is 5.87. The summed E-state index contributed by atoms with van der Waals surface area (Å²) < 4.78 is 10.5. The van der Waals surface area contributed by atoms with Gasteiger partial charge in [0.2, 0.25) is 0 Å². The number of rotatable bonds is 5. The van der Waals surface area contributed by atoms with Gasteiger partial charge in [0.15, 0.2) is 0 Å². The third-order valence-electron chi connectivity index (χ3n) is 4.37. The molecule has 2 amide bonds. The molecule has 0 bridgehead atoms. The number of hydrogen-bond donors (Lipinski definition) is 2. The predicted molar refractivity (Wildman–Crippen MR) is 107 cm³/mol. The Morgan fingerprint density at radius 3 is 2.36 bits per heavy atom. The third-order valence-corrected chi connectivity index (χ3v) is 4.37. The minimum Gasteiger partial charge on any atom is -0.445 e. The number of amides is 2. The molecule has 3 rings (SSSR count). The van der Waals surface area contributed by atoms with E-state index in [1.807, 2.05) is 24.3 Å². The summed E-state index contributed by atoms with van der Waals surface area (Å²) in [4.78, 5) is 23.5. The van der Waals surface area contributed by atoms with Crippen molar-refractivity contribution < 1.29 is 19.1 Å². The van der Waals surface area contributed by atoms with E-state index in [1.54, 1.807) is 20.8 Å². The van der Waals surface area contributed by atoms with E-state index in [-0.39, 0.29) is 19.7 Å². The van der Waals surface area contributed by atoms with Crippen LogP contribution in [0.1, 0.15) is 37.5 Å². The van der Waals surface area contributed by atoms with Crippen molar-refractivity contribution in [1.29, 1.82) is 0 Å². The fourth-order valence-corrected chi connectivity index (χ4v) is 3.20. The summed E-state index contributed by atoms with van der Waals surface area (Å²) >= 11 is 0. The average molecular weight is 382 g/mol. The molecule has 0 saturated carbocycles. The summed E-state index contributed by atoms with van der Waals surface area (Å²) in [7, 11) is 0. The number of ether oxygens (including phenoxy) is 2. The molecule has 0 radical (unpaired) electrons. The van der Waals surface area contributed by atoms with Crippen LogP contribution in [0.2, 0.25) is 0 Å². The van der Waals surface area contributed by atoms with E-state index in [0.29, 0.717) is 0 Å². The molecule has 6 heteroatoms. The van der Waals surface area contributed by atoms with Gasteiger partial charge in [-0.05, 0) is 55.0 Å². The minimum absolute atomic E-state index is 0.211. The first-order chi connectivity index (χ1) is 13.3. The Morgan fingerprint density at radius 1 is 0.929 bits per heavy atom. The van der Waals surface area contributed by atoms with Crippen molar-refractivity contribution in [2.75, 3.05) is 13.1 Å². The number of hydrogen-bond acceptors (Lipinski definition) is 4. The molecule has 2 N–H and O–H groups in total. The molecule has 2 aromatic rings. The molecular weight excluding hydrogens is 356 g/mol. The largest absolute Gasteiger partial charge is 0.445 e. The Balaban J connectivity index is 1.45. The number of nitrogens with one attached hydrogen (secondary N) is 2. The Hall–Kier alpha value is -3.02. The number of carbonyl (C=O) groups excluding carboxylic acids is 2. The highest BCUT2D eigenvalue weighted by atomic mass is 16.6. The molecule has 1 aliphatic carbocycles. The van der Waals surface area contributed by atoms with E-state index in [1.165, 1.54) is 22.3 Å². The van der Waals surface area contributed by atoms with Gasteiger partial charge in [-0.1, -0.05) is 42.5 Å². The second-order valence-electron chi connectivity index (χ2n) is 7.71. The maximum Gasteiger partial charge on any atom is 0.407 e. The van der Waals surface area contributed by atoms with E-state index in [2.05, 4.69) is 28.8 Å². The molecule has 0 atom stereocenters. The first kappa shape index (κ1) is 19.7. The zero-order chi connectivity index (χ0) is 20.1. The number of alkyl carbamates (subject to hydrolysis) is 2. The first-order valence-electron chi connectivity index (χ1n) is 9.40. The summed E-state index contributed by atoms with van der Waals surface area (Å²) in [6.07, 6.45) is -0.173. The topological polar surface area (TPSA) is 76.7 Å². The van der Waals surface area contributed by atoms with E-state index in [0.717, 1.165) is 12.0 Å². The van der Waals surface area contributed by atoms with Crippen LogP contribution in [-0.4, -0.2) is 30.9 Å². The van der Waals surface area contributed by atoms with Crippen LogP contribution in [0.3, 0.4) is 0 Å². The molecule has 6 nitrogen and oxygen atoms in total. The quantitative estimate of drug-likeness (QED) is 0.654. The standard InChI is InChI=1S/C22H26N2O4/c1-22(2,3)28-21(26)24-12-11-23-20(25)27-14-16-8-6-10-18-17-9-5-4-7-15(17)13-19(16)18/h4-10H,11-14H2,1-3H3,(H,23,25)(H,24,26). The fraction of sp³-hybridized carbons (Fsp3) is 0.364. The lowest BCUT2D eigenvalue weighted by Crippen LogP contribution is -2.38. The van der Waals surface area contributed by atoms with E-state index >= 15 is 0 Å². The van der Waals surface area contributed by atoms with Crippen LogP contribution >= 0.6 is 0 Å². The second kappa shape index (κ2) is 8.33. The lowest BCUT2D eigenvalue weighted by Gasteiger charge is -2.19. The van der Waals surface area contributed by atoms with Crippen LogP contribution in [0.15, 0.2) is 42.5 Å².